The van der Waals surface area contributed by atoms with Gasteiger partial charge in [-0.15, -0.1) is 10.2 Å². The highest BCUT2D eigenvalue weighted by Crippen LogP contribution is 2.34. The molecule has 0 radical (unpaired) electrons. The number of nitrogens with one attached hydrogen (secondary N) is 1. The second-order valence-electron chi connectivity index (χ2n) is 9.75. The summed E-state index contributed by atoms with van der Waals surface area (Å²) in [4.78, 5) is 14.6. The van der Waals surface area contributed by atoms with Crippen LogP contribution in [0.3, 0.4) is 0 Å². The zero-order valence-electron chi connectivity index (χ0n) is 23.3. The van der Waals surface area contributed by atoms with E-state index in [4.69, 9.17) is 39.5 Å². The smallest absolute Gasteiger partial charge is 0.326 e. The van der Waals surface area contributed by atoms with Crippen LogP contribution in [0.4, 0.5) is 11.5 Å². The van der Waals surface area contributed by atoms with Crippen LogP contribution in [-0.4, -0.2) is 74.4 Å². The second-order valence-corrected chi connectivity index (χ2v) is 12.9. The quantitative estimate of drug-likeness (QED) is 0.141. The summed E-state index contributed by atoms with van der Waals surface area (Å²) in [6.45, 7) is 3.15. The summed E-state index contributed by atoms with van der Waals surface area (Å²) in [6.07, 6.45) is 3.16. The Labute approximate surface area is 260 Å². The highest BCUT2D eigenvalue weighted by atomic mass is 35.5. The fourth-order valence-corrected chi connectivity index (χ4v) is 6.47. The summed E-state index contributed by atoms with van der Waals surface area (Å²) in [5.74, 6) is 0.465. The molecule has 1 N–H and O–H groups in total. The zero-order valence-corrected chi connectivity index (χ0v) is 26.4. The molecule has 0 saturated carbocycles. The van der Waals surface area contributed by atoms with Gasteiger partial charge in [-0.3, -0.25) is 13.7 Å². The number of nitrogens with zero attached hydrogens (tertiary/aromatic N) is 5. The van der Waals surface area contributed by atoms with Gasteiger partial charge in [-0.25, -0.2) is 8.42 Å². The first-order valence-electron chi connectivity index (χ1n) is 13.2. The van der Waals surface area contributed by atoms with E-state index in [0.717, 1.165) is 23.8 Å². The van der Waals surface area contributed by atoms with Crippen molar-refractivity contribution in [1.82, 2.24) is 19.7 Å². The molecule has 0 amide bonds. The highest BCUT2D eigenvalue weighted by Gasteiger charge is 2.29. The van der Waals surface area contributed by atoms with Crippen molar-refractivity contribution < 1.29 is 17.9 Å². The van der Waals surface area contributed by atoms with E-state index in [0.29, 0.717) is 34.0 Å². The van der Waals surface area contributed by atoms with Gasteiger partial charge in [0.1, 0.15) is 12.4 Å². The average molecular weight is 654 g/mol. The maximum Gasteiger partial charge on any atom is 0.326 e. The van der Waals surface area contributed by atoms with Crippen LogP contribution < -0.4 is 9.62 Å². The van der Waals surface area contributed by atoms with Crippen molar-refractivity contribution in [3.8, 4) is 5.82 Å². The molecule has 2 aromatic carbocycles. The van der Waals surface area contributed by atoms with Gasteiger partial charge in [-0.05, 0) is 69.0 Å². The van der Waals surface area contributed by atoms with E-state index in [1.54, 1.807) is 35.0 Å². The molecule has 4 rings (SSSR count). The summed E-state index contributed by atoms with van der Waals surface area (Å²) in [6, 6.07) is 12.5. The van der Waals surface area contributed by atoms with E-state index < -0.39 is 22.5 Å². The molecule has 0 fully saturated rings. The van der Waals surface area contributed by atoms with Crippen LogP contribution in [0.1, 0.15) is 19.8 Å². The summed E-state index contributed by atoms with van der Waals surface area (Å²) >= 11 is 18.8. The Balaban J connectivity index is 1.70. The Morgan fingerprint density at radius 3 is 2.40 bits per heavy atom. The predicted octanol–water partition coefficient (Wildman–Crippen LogP) is 5.89. The van der Waals surface area contributed by atoms with Crippen LogP contribution in [0.5, 0.6) is 0 Å². The number of esters is 1. The van der Waals surface area contributed by atoms with Crippen LogP contribution in [0.25, 0.3) is 16.7 Å². The molecule has 0 aliphatic heterocycles. The first-order chi connectivity index (χ1) is 20.0. The van der Waals surface area contributed by atoms with E-state index in [1.165, 1.54) is 18.2 Å². The molecule has 2 heterocycles. The lowest BCUT2D eigenvalue weighted by atomic mass is 10.2. The van der Waals surface area contributed by atoms with Gasteiger partial charge in [0, 0.05) is 34.7 Å². The van der Waals surface area contributed by atoms with Gasteiger partial charge in [-0.1, -0.05) is 48.1 Å². The van der Waals surface area contributed by atoms with E-state index in [-0.39, 0.29) is 27.2 Å². The van der Waals surface area contributed by atoms with Gasteiger partial charge >= 0.3 is 5.97 Å². The third-order valence-electron chi connectivity index (χ3n) is 6.25. The molecule has 0 saturated heterocycles. The monoisotopic (exact) mass is 652 g/mol. The summed E-state index contributed by atoms with van der Waals surface area (Å²) < 4.78 is 35.7. The number of hydrogen-bond donors (Lipinski definition) is 1. The molecule has 10 nitrogen and oxygen atoms in total. The predicted molar refractivity (Wildman–Crippen MR) is 168 cm³/mol. The number of ether oxygens (including phenoxy) is 1. The lowest BCUT2D eigenvalue weighted by Gasteiger charge is -2.24. The van der Waals surface area contributed by atoms with E-state index in [9.17, 15) is 13.2 Å². The third-order valence-corrected chi connectivity index (χ3v) is 8.74. The van der Waals surface area contributed by atoms with Crippen molar-refractivity contribution >= 4 is 73.2 Å². The number of anilines is 2. The molecule has 0 aliphatic rings. The first kappa shape index (κ1) is 31.8. The van der Waals surface area contributed by atoms with Gasteiger partial charge in [0.05, 0.1) is 27.7 Å². The van der Waals surface area contributed by atoms with Gasteiger partial charge in [0.25, 0.3) is 10.0 Å². The number of sulfonamides is 1. The minimum absolute atomic E-state index is 0.141. The van der Waals surface area contributed by atoms with Crippen molar-refractivity contribution in [2.24, 2.45) is 0 Å². The highest BCUT2D eigenvalue weighted by molar-refractivity contribution is 7.92. The van der Waals surface area contributed by atoms with E-state index in [2.05, 4.69) is 20.4 Å². The van der Waals surface area contributed by atoms with Crippen molar-refractivity contribution in [1.29, 1.82) is 0 Å². The lowest BCUT2D eigenvalue weighted by molar-refractivity contribution is -0.141. The zero-order chi connectivity index (χ0) is 30.4. The van der Waals surface area contributed by atoms with Gasteiger partial charge in [0.2, 0.25) is 0 Å². The number of carbonyl (C=O) groups excluding carboxylic acids is 1. The lowest BCUT2D eigenvalue weighted by Crippen LogP contribution is -2.36. The third kappa shape index (κ3) is 7.64. The maximum absolute atomic E-state index is 13.8. The number of unbranched alkanes of at least 4 members (excludes halogenated alkanes) is 1. The Bertz CT molecular complexity index is 1640. The van der Waals surface area contributed by atoms with Crippen molar-refractivity contribution in [3.63, 3.8) is 0 Å². The Kier molecular flexibility index (Phi) is 10.6. The molecule has 14 heteroatoms. The second kappa shape index (κ2) is 13.9. The van der Waals surface area contributed by atoms with Crippen LogP contribution in [0, 0.1) is 0 Å². The number of aromatic nitrogens is 3. The molecule has 0 unspecified atom stereocenters. The minimum atomic E-state index is -4.29. The van der Waals surface area contributed by atoms with Gasteiger partial charge in [0.15, 0.2) is 5.82 Å². The number of benzene rings is 2. The average Bonchev–Trinajstić information content (AvgIpc) is 3.27. The molecule has 0 bridgehead atoms. The Morgan fingerprint density at radius 1 is 1.02 bits per heavy atom. The number of fused-ring (bicyclic) bond motifs is 1. The molecular weight excluding hydrogens is 623 g/mol. The van der Waals surface area contributed by atoms with Crippen LogP contribution in [-0.2, 0) is 19.6 Å². The Hall–Kier alpha value is -3.09. The molecule has 0 aliphatic carbocycles. The number of carbonyl (C=O) groups is 1. The molecule has 4 aromatic rings. The fourth-order valence-electron chi connectivity index (χ4n) is 4.09. The number of rotatable bonds is 13. The molecule has 0 spiro atoms. The van der Waals surface area contributed by atoms with Crippen LogP contribution >= 0.6 is 34.8 Å². The largest absolute Gasteiger partial charge is 0.464 e. The van der Waals surface area contributed by atoms with Crippen LogP contribution in [0.2, 0.25) is 15.1 Å². The number of halogens is 3. The maximum atomic E-state index is 13.8. The normalized spacial score (nSPS) is 11.7. The van der Waals surface area contributed by atoms with Crippen molar-refractivity contribution in [2.75, 3.05) is 50.0 Å². The summed E-state index contributed by atoms with van der Waals surface area (Å²) in [5.41, 5.74) is 0.872. The number of likely N-dealkylation sites (N-methyl/N-ethyl adjacent to an activating group) is 1. The molecular formula is C28H31Cl3N6O4S. The fraction of sp³-hybridized carbons (Fsp3) is 0.321. The number of hydrogen-bond acceptors (Lipinski definition) is 8. The van der Waals surface area contributed by atoms with E-state index in [1.807, 2.05) is 27.1 Å². The molecule has 0 atom stereocenters. The Morgan fingerprint density at radius 2 is 1.76 bits per heavy atom. The van der Waals surface area contributed by atoms with E-state index >= 15 is 0 Å². The van der Waals surface area contributed by atoms with Crippen molar-refractivity contribution in [2.45, 2.75) is 24.7 Å². The standard InChI is InChI=1S/C28H31Cl3N6O4S/c1-4-5-12-41-28(38)18-37(42(39,40)22-14-19(29)13-20(30)15-22)21-6-7-25-23(16-21)24(31)17-36(25)27-9-8-26(33-34-27)32-10-11-35(2)3/h6-9,13-17H,4-5,10-12,18H2,1-3H3,(H,32,33). The van der Waals surface area contributed by atoms with Gasteiger partial charge in [-0.2, -0.15) is 0 Å². The molecule has 42 heavy (non-hydrogen) atoms. The minimum Gasteiger partial charge on any atom is -0.464 e. The summed E-state index contributed by atoms with van der Waals surface area (Å²) in [5, 5.41) is 13.0. The van der Waals surface area contributed by atoms with Gasteiger partial charge < -0.3 is 15.0 Å². The molecule has 2 aromatic heterocycles. The van der Waals surface area contributed by atoms with Crippen LogP contribution in [0.15, 0.2) is 59.6 Å². The molecule has 224 valence electrons. The van der Waals surface area contributed by atoms with Crippen molar-refractivity contribution in [3.05, 3.63) is 69.8 Å². The SMILES string of the molecule is CCCCOC(=O)CN(c1ccc2c(c1)c(Cl)cn2-c1ccc(NCCN(C)C)nn1)S(=O)(=O)c1cc(Cl)cc(Cl)c1. The topological polar surface area (TPSA) is 110 Å². The summed E-state index contributed by atoms with van der Waals surface area (Å²) in [7, 11) is -0.309. The first-order valence-corrected chi connectivity index (χ1v) is 15.7.